The molecule has 0 radical (unpaired) electrons. The van der Waals surface area contributed by atoms with Gasteiger partial charge in [0.05, 0.1) is 13.2 Å². The molecular weight excluding hydrogens is 424 g/mol. The summed E-state index contributed by atoms with van der Waals surface area (Å²) in [5, 5.41) is 0. The first kappa shape index (κ1) is 14.7. The molecule has 1 unspecified atom stereocenters. The fourth-order valence-corrected chi connectivity index (χ4v) is 3.23. The molecule has 0 spiro atoms. The van der Waals surface area contributed by atoms with Crippen LogP contribution in [0.3, 0.4) is 0 Å². The van der Waals surface area contributed by atoms with Crippen LogP contribution in [0.4, 0.5) is 4.39 Å². The first-order valence-corrected chi connectivity index (χ1v) is 7.44. The highest BCUT2D eigenvalue weighted by Gasteiger charge is 2.15. The number of hydrogen-bond donors (Lipinski definition) is 1. The molecular formula is C14H12BrFINO. The van der Waals surface area contributed by atoms with Crippen molar-refractivity contribution in [3.05, 3.63) is 61.4 Å². The molecule has 0 aromatic heterocycles. The molecule has 1 atom stereocenters. The molecule has 2 aromatic carbocycles. The van der Waals surface area contributed by atoms with Gasteiger partial charge >= 0.3 is 0 Å². The minimum atomic E-state index is -0.312. The second kappa shape index (κ2) is 6.19. The van der Waals surface area contributed by atoms with Gasteiger partial charge in [0.1, 0.15) is 11.6 Å². The van der Waals surface area contributed by atoms with Crippen LogP contribution in [0.2, 0.25) is 0 Å². The molecule has 2 nitrogen and oxygen atoms in total. The van der Waals surface area contributed by atoms with Crippen LogP contribution in [-0.4, -0.2) is 7.11 Å². The first-order valence-electron chi connectivity index (χ1n) is 5.57. The van der Waals surface area contributed by atoms with Gasteiger partial charge in [-0.15, -0.1) is 0 Å². The third-order valence-corrected chi connectivity index (χ3v) is 4.46. The van der Waals surface area contributed by atoms with Crippen LogP contribution in [0, 0.1) is 9.39 Å². The zero-order valence-electron chi connectivity index (χ0n) is 10.2. The standard InChI is InChI=1S/C14H12BrFINO/c1-19-9-3-5-10(12(15)7-9)14(18)11-4-2-8(16)6-13(11)17/h2-7,14H,18H2,1H3. The van der Waals surface area contributed by atoms with Gasteiger partial charge in [-0.25, -0.2) is 4.39 Å². The molecule has 0 saturated carbocycles. The highest BCUT2D eigenvalue weighted by Crippen LogP contribution is 2.32. The SMILES string of the molecule is COc1ccc(C(N)c2ccc(F)cc2I)c(Br)c1. The first-order chi connectivity index (χ1) is 9.02. The van der Waals surface area contributed by atoms with E-state index < -0.39 is 0 Å². The van der Waals surface area contributed by atoms with E-state index in [0.29, 0.717) is 0 Å². The van der Waals surface area contributed by atoms with E-state index in [1.54, 1.807) is 13.2 Å². The molecule has 19 heavy (non-hydrogen) atoms. The average Bonchev–Trinajstić information content (AvgIpc) is 2.37. The minimum Gasteiger partial charge on any atom is -0.497 e. The van der Waals surface area contributed by atoms with Crippen molar-refractivity contribution >= 4 is 38.5 Å². The Bertz CT molecular complexity index is 606. The monoisotopic (exact) mass is 435 g/mol. The topological polar surface area (TPSA) is 35.2 Å². The summed E-state index contributed by atoms with van der Waals surface area (Å²) in [6.07, 6.45) is 0. The summed E-state index contributed by atoms with van der Waals surface area (Å²) < 4.78 is 20.0. The Morgan fingerprint density at radius 2 is 1.89 bits per heavy atom. The molecule has 2 rings (SSSR count). The van der Waals surface area contributed by atoms with Crippen molar-refractivity contribution in [2.24, 2.45) is 5.73 Å². The van der Waals surface area contributed by atoms with Crippen molar-refractivity contribution in [1.82, 2.24) is 0 Å². The highest BCUT2D eigenvalue weighted by molar-refractivity contribution is 14.1. The zero-order chi connectivity index (χ0) is 14.0. The average molecular weight is 436 g/mol. The number of rotatable bonds is 3. The number of benzene rings is 2. The summed E-state index contributed by atoms with van der Waals surface area (Å²) in [7, 11) is 1.62. The lowest BCUT2D eigenvalue weighted by molar-refractivity contribution is 0.414. The predicted octanol–water partition coefficient (Wildman–Crippen LogP) is 4.25. The Morgan fingerprint density at radius 1 is 1.21 bits per heavy atom. The predicted molar refractivity (Wildman–Crippen MR) is 85.8 cm³/mol. The van der Waals surface area contributed by atoms with Crippen LogP contribution in [0.25, 0.3) is 0 Å². The number of hydrogen-bond acceptors (Lipinski definition) is 2. The van der Waals surface area contributed by atoms with Gasteiger partial charge in [0, 0.05) is 8.04 Å². The van der Waals surface area contributed by atoms with E-state index in [9.17, 15) is 4.39 Å². The Hall–Kier alpha value is -0.660. The normalized spacial score (nSPS) is 12.3. The quantitative estimate of drug-likeness (QED) is 0.731. The largest absolute Gasteiger partial charge is 0.497 e. The molecule has 0 aliphatic carbocycles. The van der Waals surface area contributed by atoms with Crippen LogP contribution in [-0.2, 0) is 0 Å². The highest BCUT2D eigenvalue weighted by atomic mass is 127. The van der Waals surface area contributed by atoms with Gasteiger partial charge in [0.2, 0.25) is 0 Å². The molecule has 0 aliphatic rings. The fourth-order valence-electron chi connectivity index (χ4n) is 1.81. The maximum atomic E-state index is 13.1. The molecule has 5 heteroatoms. The molecule has 0 fully saturated rings. The van der Waals surface area contributed by atoms with E-state index >= 15 is 0 Å². The molecule has 0 saturated heterocycles. The van der Waals surface area contributed by atoms with Gasteiger partial charge in [0.15, 0.2) is 0 Å². The maximum absolute atomic E-state index is 13.1. The summed E-state index contributed by atoms with van der Waals surface area (Å²) >= 11 is 5.58. The van der Waals surface area contributed by atoms with Gasteiger partial charge < -0.3 is 10.5 Å². The van der Waals surface area contributed by atoms with E-state index in [0.717, 1.165) is 24.9 Å². The number of ether oxygens (including phenoxy) is 1. The van der Waals surface area contributed by atoms with Crippen LogP contribution in [0.5, 0.6) is 5.75 Å². The molecule has 0 aliphatic heterocycles. The van der Waals surface area contributed by atoms with E-state index in [4.69, 9.17) is 10.5 Å². The van der Waals surface area contributed by atoms with Crippen LogP contribution >= 0.6 is 38.5 Å². The second-order valence-corrected chi connectivity index (χ2v) is 6.05. The Balaban J connectivity index is 2.41. The van der Waals surface area contributed by atoms with Crippen molar-refractivity contribution in [1.29, 1.82) is 0 Å². The Morgan fingerprint density at radius 3 is 2.47 bits per heavy atom. The fraction of sp³-hybridized carbons (Fsp3) is 0.143. The van der Waals surface area contributed by atoms with E-state index in [-0.39, 0.29) is 11.9 Å². The summed E-state index contributed by atoms with van der Waals surface area (Å²) in [5.74, 6) is 0.505. The van der Waals surface area contributed by atoms with Crippen molar-refractivity contribution in [2.45, 2.75) is 6.04 Å². The van der Waals surface area contributed by atoms with Crippen molar-refractivity contribution in [3.63, 3.8) is 0 Å². The van der Waals surface area contributed by atoms with Gasteiger partial charge in [-0.1, -0.05) is 28.1 Å². The van der Waals surface area contributed by atoms with Gasteiger partial charge in [-0.3, -0.25) is 0 Å². The second-order valence-electron chi connectivity index (χ2n) is 4.03. The van der Waals surface area contributed by atoms with Crippen LogP contribution < -0.4 is 10.5 Å². The van der Waals surface area contributed by atoms with Crippen molar-refractivity contribution in [3.8, 4) is 5.75 Å². The van der Waals surface area contributed by atoms with E-state index in [1.807, 2.05) is 18.2 Å². The summed E-state index contributed by atoms with van der Waals surface area (Å²) in [4.78, 5) is 0. The van der Waals surface area contributed by atoms with Gasteiger partial charge in [-0.2, -0.15) is 0 Å². The summed E-state index contributed by atoms with van der Waals surface area (Å²) in [6.45, 7) is 0. The maximum Gasteiger partial charge on any atom is 0.124 e. The van der Waals surface area contributed by atoms with Crippen molar-refractivity contribution < 1.29 is 9.13 Å². The number of methoxy groups -OCH3 is 1. The van der Waals surface area contributed by atoms with Gasteiger partial charge in [-0.05, 0) is 58.0 Å². The Labute approximate surface area is 133 Å². The molecule has 2 N–H and O–H groups in total. The lowest BCUT2D eigenvalue weighted by atomic mass is 9.99. The van der Waals surface area contributed by atoms with E-state index in [1.165, 1.54) is 12.1 Å². The summed E-state index contributed by atoms with van der Waals surface area (Å²) in [5.41, 5.74) is 8.09. The van der Waals surface area contributed by atoms with Gasteiger partial charge in [0.25, 0.3) is 0 Å². The third kappa shape index (κ3) is 3.27. The lowest BCUT2D eigenvalue weighted by Crippen LogP contribution is -2.14. The number of nitrogens with two attached hydrogens (primary N) is 1. The van der Waals surface area contributed by atoms with Crippen LogP contribution in [0.1, 0.15) is 17.2 Å². The number of halogens is 3. The molecule has 0 heterocycles. The minimum absolute atomic E-state index is 0.255. The summed E-state index contributed by atoms with van der Waals surface area (Å²) in [6, 6.07) is 9.95. The van der Waals surface area contributed by atoms with E-state index in [2.05, 4.69) is 38.5 Å². The zero-order valence-corrected chi connectivity index (χ0v) is 13.9. The molecule has 2 aromatic rings. The Kier molecular flexibility index (Phi) is 4.81. The van der Waals surface area contributed by atoms with Crippen LogP contribution in [0.15, 0.2) is 40.9 Å². The third-order valence-electron chi connectivity index (χ3n) is 2.84. The molecule has 100 valence electrons. The lowest BCUT2D eigenvalue weighted by Gasteiger charge is -2.16. The van der Waals surface area contributed by atoms with Crippen molar-refractivity contribution in [2.75, 3.05) is 7.11 Å². The smallest absolute Gasteiger partial charge is 0.124 e. The molecule has 0 amide bonds. The molecule has 0 bridgehead atoms.